The van der Waals surface area contributed by atoms with E-state index < -0.39 is 12.1 Å². The van der Waals surface area contributed by atoms with Crippen molar-refractivity contribution in [3.63, 3.8) is 0 Å². The molecule has 6 atom stereocenters. The number of H-pyrrole nitrogens is 2. The fourth-order valence-electron chi connectivity index (χ4n) is 9.25. The minimum absolute atomic E-state index is 0.0793. The number of benzene rings is 2. The van der Waals surface area contributed by atoms with E-state index in [0.29, 0.717) is 24.9 Å². The van der Waals surface area contributed by atoms with Crippen LogP contribution in [0.1, 0.15) is 80.8 Å². The highest BCUT2D eigenvalue weighted by Crippen LogP contribution is 2.56. The lowest BCUT2D eigenvalue weighted by Crippen LogP contribution is -2.51. The maximum absolute atomic E-state index is 13.6. The van der Waals surface area contributed by atoms with E-state index in [1.807, 2.05) is 50.2 Å². The molecule has 3 fully saturated rings. The lowest BCUT2D eigenvalue weighted by atomic mass is 9.78. The van der Waals surface area contributed by atoms with Crippen molar-refractivity contribution in [1.29, 1.82) is 0 Å². The molecule has 5 aromatic rings. The van der Waals surface area contributed by atoms with Gasteiger partial charge >= 0.3 is 6.09 Å². The first-order chi connectivity index (χ1) is 27.2. The Kier molecular flexibility index (Phi) is 10.5. The van der Waals surface area contributed by atoms with Gasteiger partial charge in [0.25, 0.3) is 0 Å². The number of aryl methyl sites for hydroxylation is 1. The number of imidazole rings is 2. The summed E-state index contributed by atoms with van der Waals surface area (Å²) in [4.78, 5) is 61.9. The number of hydrogen-bond acceptors (Lipinski definition) is 7. The van der Waals surface area contributed by atoms with Gasteiger partial charge in [0.2, 0.25) is 11.8 Å². The Morgan fingerprint density at radius 1 is 0.839 bits per heavy atom. The van der Waals surface area contributed by atoms with E-state index in [9.17, 15) is 14.4 Å². The van der Waals surface area contributed by atoms with Gasteiger partial charge in [0.15, 0.2) is 0 Å². The molecule has 3 amide bonds. The topological polar surface area (TPSA) is 158 Å². The number of aromatic nitrogens is 5. The molecule has 1 saturated heterocycles. The summed E-state index contributed by atoms with van der Waals surface area (Å²) in [6.07, 6.45) is 9.86. The molecule has 0 spiro atoms. The van der Waals surface area contributed by atoms with Gasteiger partial charge in [0.05, 0.1) is 42.9 Å². The number of amides is 3. The summed E-state index contributed by atoms with van der Waals surface area (Å²) in [5, 5.41) is 5.92. The summed E-state index contributed by atoms with van der Waals surface area (Å²) in [7, 11) is 1.30. The van der Waals surface area contributed by atoms with E-state index in [0.717, 1.165) is 88.7 Å². The van der Waals surface area contributed by atoms with Crippen LogP contribution in [0, 0.1) is 30.6 Å². The summed E-state index contributed by atoms with van der Waals surface area (Å²) < 4.78 is 4.76. The molecule has 2 saturated carbocycles. The zero-order valence-electron chi connectivity index (χ0n) is 32.4. The summed E-state index contributed by atoms with van der Waals surface area (Å²) in [6.45, 7) is 6.89. The second kappa shape index (κ2) is 15.8. The molecule has 12 heteroatoms. The largest absolute Gasteiger partial charge is 0.453 e. The number of likely N-dealkylation sites (tertiary alicyclic amines) is 1. The minimum atomic E-state index is -0.677. The fourth-order valence-corrected chi connectivity index (χ4v) is 9.25. The Bertz CT molecular complexity index is 2190. The van der Waals surface area contributed by atoms with Crippen molar-refractivity contribution >= 4 is 17.9 Å². The van der Waals surface area contributed by atoms with Crippen molar-refractivity contribution in [1.82, 2.24) is 40.5 Å². The van der Waals surface area contributed by atoms with E-state index in [2.05, 4.69) is 79.1 Å². The number of nitrogens with zero attached hydrogens (tertiary/aromatic N) is 4. The van der Waals surface area contributed by atoms with Gasteiger partial charge in [0, 0.05) is 30.9 Å². The van der Waals surface area contributed by atoms with Crippen molar-refractivity contribution in [2.45, 2.75) is 77.4 Å². The zero-order chi connectivity index (χ0) is 38.9. The minimum Gasteiger partial charge on any atom is -0.453 e. The Morgan fingerprint density at radius 2 is 1.46 bits per heavy atom. The van der Waals surface area contributed by atoms with Gasteiger partial charge in [-0.25, -0.2) is 14.8 Å². The number of hydrogen-bond donors (Lipinski definition) is 4. The predicted molar refractivity (Wildman–Crippen MR) is 213 cm³/mol. The van der Waals surface area contributed by atoms with Crippen molar-refractivity contribution in [3.05, 3.63) is 102 Å². The van der Waals surface area contributed by atoms with E-state index in [-0.39, 0.29) is 35.6 Å². The van der Waals surface area contributed by atoms with Crippen LogP contribution < -0.4 is 10.6 Å². The van der Waals surface area contributed by atoms with E-state index in [1.54, 1.807) is 6.20 Å². The molecule has 2 aliphatic carbocycles. The maximum Gasteiger partial charge on any atom is 0.407 e. The molecule has 4 N–H and O–H groups in total. The number of pyridine rings is 1. The summed E-state index contributed by atoms with van der Waals surface area (Å²) in [5.74, 6) is 2.41. The van der Waals surface area contributed by atoms with Crippen molar-refractivity contribution in [2.75, 3.05) is 13.7 Å². The number of carbonyl (C=O) groups excluding carboxylic acids is 3. The third-order valence-electron chi connectivity index (χ3n) is 12.3. The van der Waals surface area contributed by atoms with Crippen LogP contribution in [0.5, 0.6) is 0 Å². The number of carbonyl (C=O) groups is 3. The lowest BCUT2D eigenvalue weighted by Gasteiger charge is -2.30. The molecule has 56 heavy (non-hydrogen) atoms. The third kappa shape index (κ3) is 7.32. The highest BCUT2D eigenvalue weighted by molar-refractivity contribution is 5.86. The summed E-state index contributed by atoms with van der Waals surface area (Å²) in [6, 6.07) is 19.9. The molecule has 2 aromatic carbocycles. The van der Waals surface area contributed by atoms with Crippen LogP contribution in [-0.2, 0) is 20.9 Å². The van der Waals surface area contributed by atoms with Gasteiger partial charge in [-0.3, -0.25) is 14.6 Å². The number of fused-ring (bicyclic) bond motifs is 2. The highest BCUT2D eigenvalue weighted by atomic mass is 16.5. The second-order valence-corrected chi connectivity index (χ2v) is 15.9. The number of alkyl carbamates (subject to hydrolysis) is 1. The number of aromatic amines is 2. The van der Waals surface area contributed by atoms with Crippen LogP contribution in [0.3, 0.4) is 0 Å². The van der Waals surface area contributed by atoms with E-state index >= 15 is 0 Å². The summed E-state index contributed by atoms with van der Waals surface area (Å²) >= 11 is 0. The average molecular weight is 755 g/mol. The zero-order valence-corrected chi connectivity index (χ0v) is 32.4. The molecule has 290 valence electrons. The monoisotopic (exact) mass is 754 g/mol. The average Bonchev–Trinajstić information content (AvgIpc) is 4.08. The van der Waals surface area contributed by atoms with Gasteiger partial charge in [0.1, 0.15) is 17.7 Å². The smallest absolute Gasteiger partial charge is 0.407 e. The number of rotatable bonds is 11. The Morgan fingerprint density at radius 3 is 2.11 bits per heavy atom. The van der Waals surface area contributed by atoms with Crippen molar-refractivity contribution in [2.24, 2.45) is 23.7 Å². The number of methoxy groups -OCH3 is 1. The lowest BCUT2D eigenvalue weighted by molar-refractivity contribution is -0.135. The maximum atomic E-state index is 13.6. The molecule has 12 nitrogen and oxygen atoms in total. The molecule has 2 bridgehead atoms. The van der Waals surface area contributed by atoms with Crippen LogP contribution in [0.2, 0.25) is 0 Å². The first kappa shape index (κ1) is 37.2. The molecule has 8 rings (SSSR count). The molecule has 3 aromatic heterocycles. The van der Waals surface area contributed by atoms with E-state index in [4.69, 9.17) is 9.72 Å². The summed E-state index contributed by atoms with van der Waals surface area (Å²) in [5.41, 5.74) is 8.05. The van der Waals surface area contributed by atoms with Gasteiger partial charge in [-0.1, -0.05) is 68.4 Å². The molecule has 0 radical (unpaired) electrons. The molecule has 4 heterocycles. The normalized spacial score (nSPS) is 22.0. The van der Waals surface area contributed by atoms with Crippen LogP contribution in [0.25, 0.3) is 33.6 Å². The fraction of sp³-hybridized carbons (Fsp3) is 0.409. The first-order valence-electron chi connectivity index (χ1n) is 19.8. The van der Waals surface area contributed by atoms with Crippen molar-refractivity contribution in [3.8, 4) is 33.6 Å². The predicted octanol–water partition coefficient (Wildman–Crippen LogP) is 7.33. The first-order valence-corrected chi connectivity index (χ1v) is 19.8. The second-order valence-electron chi connectivity index (χ2n) is 15.9. The van der Waals surface area contributed by atoms with Gasteiger partial charge in [-0.15, -0.1) is 0 Å². The molecule has 2 unspecified atom stereocenters. The number of nitrogens with one attached hydrogen (secondary N) is 4. The SMILES string of the molecule is COC(=O)N[C@H](C(=O)N1CCC[C@H]1c1ncc(-c2ccc(-c3ccc(-c4cnc([C@@H]5C6CCC(C6)[C@H]5C(=O)NCc5cccnc5C)[nH]4)cc3)cc2)[nH]1)C(C)C. The van der Waals surface area contributed by atoms with Crippen LogP contribution in [0.15, 0.2) is 79.3 Å². The Hall–Kier alpha value is -5.78. The highest BCUT2D eigenvalue weighted by Gasteiger charge is 2.52. The molecular weight excluding hydrogens is 705 g/mol. The Balaban J connectivity index is 0.918. The molecular formula is C44H50N8O4. The van der Waals surface area contributed by atoms with Crippen LogP contribution in [-0.4, -0.2) is 67.4 Å². The van der Waals surface area contributed by atoms with Crippen molar-refractivity contribution < 1.29 is 19.1 Å². The third-order valence-corrected chi connectivity index (χ3v) is 12.3. The van der Waals surface area contributed by atoms with Crippen LogP contribution in [0.4, 0.5) is 4.79 Å². The van der Waals surface area contributed by atoms with Crippen LogP contribution >= 0.6 is 0 Å². The standard InChI is InChI=1S/C44H50N8O4/c1-25(2)39(51-44(55)56-4)43(54)52-20-6-8-36(52)40-46-23-34(49-40)29-13-9-27(10-14-29)28-11-15-30(16-12-28)35-24-47-41(50-35)37-31-17-18-32(21-31)38(37)42(53)48-22-33-7-5-19-45-26(33)3/h5,7,9-16,19,23-25,31-32,36-39H,6,8,17-18,20-22H2,1-4H3,(H,46,49)(H,47,50)(H,48,53)(H,51,55)/t31?,32?,36-,37+,38+,39-/m0/s1. The number of ether oxygens (including phenoxy) is 1. The van der Waals surface area contributed by atoms with Gasteiger partial charge < -0.3 is 30.2 Å². The van der Waals surface area contributed by atoms with Gasteiger partial charge in [-0.05, 0) is 90.7 Å². The quantitative estimate of drug-likeness (QED) is 0.110. The molecule has 1 aliphatic heterocycles. The van der Waals surface area contributed by atoms with E-state index in [1.165, 1.54) is 7.11 Å². The molecule has 3 aliphatic rings. The Labute approximate surface area is 327 Å². The van der Waals surface area contributed by atoms with Gasteiger partial charge in [-0.2, -0.15) is 0 Å².